The lowest BCUT2D eigenvalue weighted by atomic mass is 10.0. The van der Waals surface area contributed by atoms with Crippen molar-refractivity contribution in [1.29, 1.82) is 0 Å². The van der Waals surface area contributed by atoms with Crippen molar-refractivity contribution in [3.8, 4) is 0 Å². The van der Waals surface area contributed by atoms with Crippen molar-refractivity contribution in [3.05, 3.63) is 0 Å². The first-order chi connectivity index (χ1) is 9.57. The summed E-state index contributed by atoms with van der Waals surface area (Å²) in [5, 5.41) is 8.38. The highest BCUT2D eigenvalue weighted by Gasteiger charge is 2.13. The van der Waals surface area contributed by atoms with Gasteiger partial charge in [-0.15, -0.1) is 0 Å². The highest BCUT2D eigenvalue weighted by atomic mass is 16.4. The number of carboxylic acid groups (broad SMARTS) is 1. The van der Waals surface area contributed by atoms with E-state index in [0.29, 0.717) is 6.42 Å². The maximum atomic E-state index is 11.4. The molecule has 1 N–H and O–H groups in total. The Morgan fingerprint density at radius 2 is 1.20 bits per heavy atom. The van der Waals surface area contributed by atoms with Crippen LogP contribution >= 0.6 is 0 Å². The van der Waals surface area contributed by atoms with E-state index in [-0.39, 0.29) is 18.6 Å². The van der Waals surface area contributed by atoms with Gasteiger partial charge in [0.15, 0.2) is 0 Å². The second-order valence-electron chi connectivity index (χ2n) is 5.35. The minimum Gasteiger partial charge on any atom is -0.476 e. The second-order valence-corrected chi connectivity index (χ2v) is 5.35. The Kier molecular flexibility index (Phi) is 12.1. The Balaban J connectivity index is 3.31. The molecule has 0 atom stereocenters. The summed E-state index contributed by atoms with van der Waals surface area (Å²) in [6, 6.07) is 0. The first-order valence-corrected chi connectivity index (χ1v) is 7.85. The number of Topliss-reactive ketones (excluding diaryl/α,β-unsaturated/α-hetero) is 2. The molecule has 0 unspecified atom stereocenters. The third-order valence-corrected chi connectivity index (χ3v) is 3.43. The molecule has 4 nitrogen and oxygen atoms in total. The molecule has 0 aliphatic heterocycles. The number of aliphatic carboxylic acids is 1. The first-order valence-electron chi connectivity index (χ1n) is 7.85. The molecule has 0 rings (SSSR count). The average molecular weight is 284 g/mol. The van der Waals surface area contributed by atoms with Crippen molar-refractivity contribution in [2.45, 2.75) is 84.0 Å². The second kappa shape index (κ2) is 12.8. The van der Waals surface area contributed by atoms with E-state index in [1.807, 2.05) is 0 Å². The molecule has 0 aromatic heterocycles. The minimum absolute atomic E-state index is 0.00236. The zero-order valence-electron chi connectivity index (χ0n) is 12.7. The molecule has 0 saturated carbocycles. The number of hydrogen-bond donors (Lipinski definition) is 1. The molecule has 0 saturated heterocycles. The van der Waals surface area contributed by atoms with E-state index >= 15 is 0 Å². The van der Waals surface area contributed by atoms with Crippen molar-refractivity contribution in [2.75, 3.05) is 0 Å². The maximum absolute atomic E-state index is 11.4. The number of carbonyl (C=O) groups is 3. The van der Waals surface area contributed by atoms with Crippen LogP contribution in [0.25, 0.3) is 0 Å². The fourth-order valence-corrected chi connectivity index (χ4v) is 2.12. The largest absolute Gasteiger partial charge is 0.476 e. The maximum Gasteiger partial charge on any atom is 0.372 e. The lowest BCUT2D eigenvalue weighted by Crippen LogP contribution is -2.13. The van der Waals surface area contributed by atoms with Crippen LogP contribution in [0.15, 0.2) is 0 Å². The molecule has 116 valence electrons. The molecular weight excluding hydrogens is 256 g/mol. The number of ketones is 2. The van der Waals surface area contributed by atoms with Gasteiger partial charge >= 0.3 is 5.97 Å². The average Bonchev–Trinajstić information content (AvgIpc) is 2.42. The molecule has 4 heteroatoms. The quantitative estimate of drug-likeness (QED) is 0.388. The summed E-state index contributed by atoms with van der Waals surface area (Å²) >= 11 is 0. The monoisotopic (exact) mass is 284 g/mol. The van der Waals surface area contributed by atoms with Gasteiger partial charge in [-0.05, 0) is 6.42 Å². The first kappa shape index (κ1) is 18.8. The molecule has 0 aliphatic rings. The van der Waals surface area contributed by atoms with E-state index in [1.54, 1.807) is 0 Å². The summed E-state index contributed by atoms with van der Waals surface area (Å²) in [5.74, 6) is -2.31. The topological polar surface area (TPSA) is 71.4 Å². The molecule has 20 heavy (non-hydrogen) atoms. The summed E-state index contributed by atoms with van der Waals surface area (Å²) in [7, 11) is 0. The summed E-state index contributed by atoms with van der Waals surface area (Å²) in [5.41, 5.74) is 0. The van der Waals surface area contributed by atoms with Crippen LogP contribution in [0.2, 0.25) is 0 Å². The summed E-state index contributed by atoms with van der Waals surface area (Å²) in [6.07, 6.45) is 11.2. The van der Waals surface area contributed by atoms with Gasteiger partial charge in [-0.3, -0.25) is 9.59 Å². The number of unbranched alkanes of at least 4 members (excludes halogenated alkanes) is 8. The van der Waals surface area contributed by atoms with Crippen LogP contribution < -0.4 is 0 Å². The van der Waals surface area contributed by atoms with Gasteiger partial charge in [0.1, 0.15) is 5.78 Å². The van der Waals surface area contributed by atoms with Crippen LogP contribution in [-0.2, 0) is 14.4 Å². The summed E-state index contributed by atoms with van der Waals surface area (Å²) in [6.45, 7) is 2.21. The summed E-state index contributed by atoms with van der Waals surface area (Å²) in [4.78, 5) is 32.5. The summed E-state index contributed by atoms with van der Waals surface area (Å²) < 4.78 is 0. The lowest BCUT2D eigenvalue weighted by Gasteiger charge is -2.02. The van der Waals surface area contributed by atoms with Crippen LogP contribution in [0.1, 0.15) is 84.0 Å². The molecular formula is C16H28O4. The fourth-order valence-electron chi connectivity index (χ4n) is 2.12. The van der Waals surface area contributed by atoms with Crippen molar-refractivity contribution >= 4 is 17.5 Å². The van der Waals surface area contributed by atoms with Crippen molar-refractivity contribution in [2.24, 2.45) is 0 Å². The van der Waals surface area contributed by atoms with Gasteiger partial charge in [0.05, 0.1) is 0 Å². The van der Waals surface area contributed by atoms with Crippen LogP contribution in [0.4, 0.5) is 0 Å². The van der Waals surface area contributed by atoms with Crippen molar-refractivity contribution in [3.63, 3.8) is 0 Å². The highest BCUT2D eigenvalue weighted by Crippen LogP contribution is 2.11. The Hall–Kier alpha value is -1.19. The Morgan fingerprint density at radius 3 is 1.70 bits per heavy atom. The molecule has 0 radical (unpaired) electrons. The van der Waals surface area contributed by atoms with Crippen LogP contribution in [0.3, 0.4) is 0 Å². The van der Waals surface area contributed by atoms with Gasteiger partial charge in [0, 0.05) is 19.3 Å². The zero-order chi connectivity index (χ0) is 15.2. The van der Waals surface area contributed by atoms with Gasteiger partial charge in [-0.25, -0.2) is 4.79 Å². The molecule has 0 aromatic carbocycles. The van der Waals surface area contributed by atoms with Crippen molar-refractivity contribution in [1.82, 2.24) is 0 Å². The SMILES string of the molecule is CCCCCCCCCCCC(=O)CCC(=O)C(=O)O. The number of carboxylic acids is 1. The van der Waals surface area contributed by atoms with Gasteiger partial charge < -0.3 is 5.11 Å². The Morgan fingerprint density at radius 1 is 0.700 bits per heavy atom. The number of hydrogen-bond acceptors (Lipinski definition) is 3. The van der Waals surface area contributed by atoms with E-state index in [9.17, 15) is 14.4 Å². The molecule has 0 spiro atoms. The lowest BCUT2D eigenvalue weighted by molar-refractivity contribution is -0.149. The third kappa shape index (κ3) is 11.9. The van der Waals surface area contributed by atoms with Gasteiger partial charge in [0.2, 0.25) is 5.78 Å². The van der Waals surface area contributed by atoms with Gasteiger partial charge in [0.25, 0.3) is 0 Å². The number of rotatable bonds is 14. The fraction of sp³-hybridized carbons (Fsp3) is 0.812. The standard InChI is InChI=1S/C16H28O4/c1-2-3-4-5-6-7-8-9-10-11-14(17)12-13-15(18)16(19)20/h2-13H2,1H3,(H,19,20). The van der Waals surface area contributed by atoms with Crippen LogP contribution in [-0.4, -0.2) is 22.6 Å². The Bertz CT molecular complexity index is 297. The molecule has 0 heterocycles. The minimum atomic E-state index is -1.44. The molecule has 0 bridgehead atoms. The van der Waals surface area contributed by atoms with E-state index in [4.69, 9.17) is 5.11 Å². The van der Waals surface area contributed by atoms with E-state index < -0.39 is 11.8 Å². The predicted molar refractivity (Wildman–Crippen MR) is 78.7 cm³/mol. The smallest absolute Gasteiger partial charge is 0.372 e. The van der Waals surface area contributed by atoms with E-state index in [2.05, 4.69) is 6.92 Å². The molecule has 0 amide bonds. The Labute approximate surface area is 121 Å². The van der Waals surface area contributed by atoms with Gasteiger partial charge in [-0.1, -0.05) is 58.3 Å². The third-order valence-electron chi connectivity index (χ3n) is 3.43. The van der Waals surface area contributed by atoms with E-state index in [0.717, 1.165) is 19.3 Å². The van der Waals surface area contributed by atoms with Crippen LogP contribution in [0.5, 0.6) is 0 Å². The molecule has 0 aliphatic carbocycles. The zero-order valence-corrected chi connectivity index (χ0v) is 12.7. The molecule has 0 fully saturated rings. The van der Waals surface area contributed by atoms with Crippen molar-refractivity contribution < 1.29 is 19.5 Å². The number of carbonyl (C=O) groups excluding carboxylic acids is 2. The normalized spacial score (nSPS) is 10.4. The molecule has 0 aromatic rings. The predicted octanol–water partition coefficient (Wildman–Crippen LogP) is 3.91. The van der Waals surface area contributed by atoms with Gasteiger partial charge in [-0.2, -0.15) is 0 Å². The van der Waals surface area contributed by atoms with Crippen LogP contribution in [0, 0.1) is 0 Å². The highest BCUT2D eigenvalue weighted by molar-refractivity contribution is 6.32. The van der Waals surface area contributed by atoms with E-state index in [1.165, 1.54) is 38.5 Å².